The highest BCUT2D eigenvalue weighted by Gasteiger charge is 2.18. The molecule has 4 aromatic carbocycles. The predicted molar refractivity (Wildman–Crippen MR) is 231 cm³/mol. The average Bonchev–Trinajstić information content (AvgIpc) is 3.27. The molecule has 0 heterocycles. The van der Waals surface area contributed by atoms with Crippen molar-refractivity contribution in [2.45, 2.75) is 61.2 Å². The highest BCUT2D eigenvalue weighted by atomic mass is 32.2. The van der Waals surface area contributed by atoms with Crippen molar-refractivity contribution >= 4 is 45.9 Å². The molecule has 0 atom stereocenters. The zero-order valence-electron chi connectivity index (χ0n) is 33.9. The Morgan fingerprint density at radius 2 is 0.754 bits per heavy atom. The lowest BCUT2D eigenvalue weighted by atomic mass is 10.2. The maximum Gasteiger partial charge on any atom is 0.336 e. The van der Waals surface area contributed by atoms with Crippen molar-refractivity contribution in [2.24, 2.45) is 0 Å². The van der Waals surface area contributed by atoms with Crippen LogP contribution in [0.25, 0.3) is 12.2 Å². The van der Waals surface area contributed by atoms with Crippen molar-refractivity contribution in [1.82, 2.24) is 0 Å². The summed E-state index contributed by atoms with van der Waals surface area (Å²) in [4.78, 5) is 47.0. The lowest BCUT2D eigenvalue weighted by Crippen LogP contribution is -2.06. The molecule has 0 unspecified atom stereocenters. The van der Waals surface area contributed by atoms with Gasteiger partial charge in [0, 0.05) is 24.3 Å². The number of unbranched alkanes of at least 4 members (excludes halogenated alkanes) is 6. The van der Waals surface area contributed by atoms with Gasteiger partial charge < -0.3 is 28.4 Å². The van der Waals surface area contributed by atoms with E-state index in [-0.39, 0.29) is 21.3 Å². The first-order valence-electron chi connectivity index (χ1n) is 19.8. The van der Waals surface area contributed by atoms with Crippen molar-refractivity contribution in [3.8, 4) is 23.0 Å². The Labute approximate surface area is 357 Å². The van der Waals surface area contributed by atoms with Crippen LogP contribution in [0.4, 0.5) is 0 Å². The van der Waals surface area contributed by atoms with Gasteiger partial charge in [0.2, 0.25) is 9.84 Å². The average molecular weight is 851 g/mol. The summed E-state index contributed by atoms with van der Waals surface area (Å²) in [6, 6.07) is 25.4. The summed E-state index contributed by atoms with van der Waals surface area (Å²) in [7, 11) is -3.93. The van der Waals surface area contributed by atoms with E-state index in [0.29, 0.717) is 37.9 Å². The Balaban J connectivity index is 1.15. The summed E-state index contributed by atoms with van der Waals surface area (Å²) in [5, 5.41) is 0. The number of carbonyl (C=O) groups excluding carboxylic acids is 4. The smallest absolute Gasteiger partial charge is 0.336 e. The Bertz CT molecular complexity index is 2050. The van der Waals surface area contributed by atoms with Crippen LogP contribution in [0, 0.1) is 0 Å². The van der Waals surface area contributed by atoms with Gasteiger partial charge in [-0.3, -0.25) is 0 Å². The zero-order valence-corrected chi connectivity index (χ0v) is 34.7. The van der Waals surface area contributed by atoms with E-state index in [1.54, 1.807) is 36.4 Å². The van der Waals surface area contributed by atoms with Gasteiger partial charge in [-0.1, -0.05) is 37.4 Å². The molecule has 0 saturated carbocycles. The van der Waals surface area contributed by atoms with Gasteiger partial charge in [0.1, 0.15) is 23.0 Å². The lowest BCUT2D eigenvalue weighted by Gasteiger charge is -2.08. The zero-order chi connectivity index (χ0) is 43.7. The molecule has 4 rings (SSSR count). The third kappa shape index (κ3) is 17.6. The molecule has 0 fully saturated rings. The molecular formula is C48H50O12S. The number of ether oxygens (including phenoxy) is 6. The number of hydrogen-bond acceptors (Lipinski definition) is 12. The molecule has 320 valence electrons. The molecule has 61 heavy (non-hydrogen) atoms. The van der Waals surface area contributed by atoms with Gasteiger partial charge in [-0.05, 0) is 147 Å². The van der Waals surface area contributed by atoms with E-state index >= 15 is 0 Å². The molecular weight excluding hydrogens is 801 g/mol. The standard InChI is InChI=1S/C48H50O12S/c1-3-45(49)57-35-11-7-5-9-33-55-39-19-13-37(14-20-39)17-31-47(51)59-41-23-27-43(28-24-41)61(53,54)44-29-25-42(26-30-44)60-48(52)32-18-38-15-21-40(22-16-38)56-34-10-6-8-12-36-58-46(50)4-2/h3-4,13-32H,1-2,5-12,33-36H2/b31-17+,32-18+. The number of hydrogen-bond donors (Lipinski definition) is 0. The van der Waals surface area contributed by atoms with Crippen LogP contribution in [-0.4, -0.2) is 58.7 Å². The maximum atomic E-state index is 13.3. The van der Waals surface area contributed by atoms with E-state index in [9.17, 15) is 27.6 Å². The quantitative estimate of drug-likeness (QED) is 0.0256. The molecule has 0 aromatic heterocycles. The molecule has 0 spiro atoms. The molecule has 0 saturated heterocycles. The van der Waals surface area contributed by atoms with Crippen molar-refractivity contribution in [3.63, 3.8) is 0 Å². The predicted octanol–water partition coefficient (Wildman–Crippen LogP) is 9.09. The highest BCUT2D eigenvalue weighted by molar-refractivity contribution is 7.91. The van der Waals surface area contributed by atoms with E-state index in [1.165, 1.54) is 60.7 Å². The van der Waals surface area contributed by atoms with Gasteiger partial charge in [0.15, 0.2) is 0 Å². The molecule has 13 heteroatoms. The summed E-state index contributed by atoms with van der Waals surface area (Å²) >= 11 is 0. The van der Waals surface area contributed by atoms with Crippen LogP contribution in [0.1, 0.15) is 62.5 Å². The minimum atomic E-state index is -3.93. The Morgan fingerprint density at radius 3 is 1.10 bits per heavy atom. The van der Waals surface area contributed by atoms with Crippen LogP contribution >= 0.6 is 0 Å². The molecule has 0 N–H and O–H groups in total. The van der Waals surface area contributed by atoms with Gasteiger partial charge >= 0.3 is 23.9 Å². The van der Waals surface area contributed by atoms with Crippen molar-refractivity contribution < 1.29 is 56.0 Å². The van der Waals surface area contributed by atoms with E-state index in [2.05, 4.69) is 13.2 Å². The van der Waals surface area contributed by atoms with Gasteiger partial charge in [-0.2, -0.15) is 0 Å². The Morgan fingerprint density at radius 1 is 0.426 bits per heavy atom. The number of carbonyl (C=O) groups is 4. The Hall–Kier alpha value is -6.73. The summed E-state index contributed by atoms with van der Waals surface area (Å²) in [5.74, 6) is -0.365. The topological polar surface area (TPSA) is 158 Å². The fraction of sp³-hybridized carbons (Fsp3) is 0.250. The van der Waals surface area contributed by atoms with E-state index < -0.39 is 33.7 Å². The molecule has 12 nitrogen and oxygen atoms in total. The largest absolute Gasteiger partial charge is 0.494 e. The van der Waals surface area contributed by atoms with Gasteiger partial charge in [-0.15, -0.1) is 0 Å². The minimum absolute atomic E-state index is 0.0125. The van der Waals surface area contributed by atoms with E-state index in [4.69, 9.17) is 28.4 Å². The third-order valence-electron chi connectivity index (χ3n) is 8.73. The lowest BCUT2D eigenvalue weighted by molar-refractivity contribution is -0.138. The number of esters is 4. The molecule has 4 aromatic rings. The summed E-state index contributed by atoms with van der Waals surface area (Å²) in [6.07, 6.45) is 15.1. The molecule has 0 aliphatic rings. The normalized spacial score (nSPS) is 11.1. The van der Waals surface area contributed by atoms with Crippen molar-refractivity contribution in [3.05, 3.63) is 146 Å². The van der Waals surface area contributed by atoms with Crippen LogP contribution in [-0.2, 0) is 38.5 Å². The second kappa shape index (κ2) is 25.7. The third-order valence-corrected chi connectivity index (χ3v) is 10.5. The number of benzene rings is 4. The first-order chi connectivity index (χ1) is 29.5. The van der Waals surface area contributed by atoms with Crippen LogP contribution in [0.2, 0.25) is 0 Å². The summed E-state index contributed by atoms with van der Waals surface area (Å²) < 4.78 is 58.7. The first-order valence-corrected chi connectivity index (χ1v) is 21.3. The van der Waals surface area contributed by atoms with Crippen LogP contribution in [0.3, 0.4) is 0 Å². The van der Waals surface area contributed by atoms with Gasteiger partial charge in [-0.25, -0.2) is 27.6 Å². The van der Waals surface area contributed by atoms with Crippen LogP contribution in [0.5, 0.6) is 23.0 Å². The van der Waals surface area contributed by atoms with Gasteiger partial charge in [0.25, 0.3) is 0 Å². The molecule has 0 amide bonds. The molecule has 0 bridgehead atoms. The molecule has 0 aliphatic carbocycles. The fourth-order valence-electron chi connectivity index (χ4n) is 5.45. The van der Waals surface area contributed by atoms with Crippen molar-refractivity contribution in [2.75, 3.05) is 26.4 Å². The molecule has 0 radical (unpaired) electrons. The second-order valence-electron chi connectivity index (χ2n) is 13.4. The van der Waals surface area contributed by atoms with E-state index in [0.717, 1.165) is 74.6 Å². The SMILES string of the molecule is C=CC(=O)OCCCCCCOc1ccc(/C=C/C(=O)Oc2ccc(S(=O)(=O)c3ccc(OC(=O)/C=C/c4ccc(OCCCCCCOC(=O)C=C)cc4)cc3)cc2)cc1. The monoisotopic (exact) mass is 850 g/mol. The number of rotatable bonds is 26. The molecule has 0 aliphatic heterocycles. The van der Waals surface area contributed by atoms with Gasteiger partial charge in [0.05, 0.1) is 36.2 Å². The summed E-state index contributed by atoms with van der Waals surface area (Å²) in [5.41, 5.74) is 1.52. The minimum Gasteiger partial charge on any atom is -0.494 e. The highest BCUT2D eigenvalue weighted by Crippen LogP contribution is 2.25. The number of sulfone groups is 1. The maximum absolute atomic E-state index is 13.3. The van der Waals surface area contributed by atoms with Crippen LogP contribution < -0.4 is 18.9 Å². The second-order valence-corrected chi connectivity index (χ2v) is 15.3. The van der Waals surface area contributed by atoms with Crippen molar-refractivity contribution in [1.29, 1.82) is 0 Å². The van der Waals surface area contributed by atoms with Crippen LogP contribution in [0.15, 0.2) is 144 Å². The summed E-state index contributed by atoms with van der Waals surface area (Å²) in [6.45, 7) is 8.59. The fourth-order valence-corrected chi connectivity index (χ4v) is 6.71. The first kappa shape index (κ1) is 47.0. The van der Waals surface area contributed by atoms with E-state index in [1.807, 2.05) is 24.3 Å². The Kier molecular flexibility index (Phi) is 19.8.